The molecule has 6 heteroatoms. The predicted octanol–water partition coefficient (Wildman–Crippen LogP) is 2.69. The van der Waals surface area contributed by atoms with E-state index in [1.807, 2.05) is 25.1 Å². The molecule has 2 aromatic rings. The van der Waals surface area contributed by atoms with Gasteiger partial charge in [-0.25, -0.2) is 4.98 Å². The standard InChI is InChI=1S/C21H30N6/c1-25(2)20-9-10-22-21(24-20)23-15-17-5-7-19(8-6-17)27-13-11-26(12-14-27)16-18-3-4-18/h5-10,18H,3-4,11-16H2,1-2H3,(H,22,23,24). The zero-order valence-electron chi connectivity index (χ0n) is 16.4. The van der Waals surface area contributed by atoms with E-state index >= 15 is 0 Å². The normalized spacial score (nSPS) is 17.8. The highest BCUT2D eigenvalue weighted by molar-refractivity contribution is 5.48. The van der Waals surface area contributed by atoms with Gasteiger partial charge in [0.2, 0.25) is 5.95 Å². The molecule has 0 bridgehead atoms. The van der Waals surface area contributed by atoms with E-state index in [0.29, 0.717) is 5.95 Å². The molecule has 2 heterocycles. The third kappa shape index (κ3) is 4.89. The van der Waals surface area contributed by atoms with E-state index in [1.54, 1.807) is 6.20 Å². The largest absolute Gasteiger partial charge is 0.369 e. The molecule has 2 aliphatic rings. The fourth-order valence-electron chi connectivity index (χ4n) is 3.54. The van der Waals surface area contributed by atoms with Crippen LogP contribution in [0.1, 0.15) is 18.4 Å². The van der Waals surface area contributed by atoms with Crippen molar-refractivity contribution >= 4 is 17.5 Å². The van der Waals surface area contributed by atoms with Crippen LogP contribution < -0.4 is 15.1 Å². The van der Waals surface area contributed by atoms with Crippen LogP contribution in [0.5, 0.6) is 0 Å². The van der Waals surface area contributed by atoms with Crippen LogP contribution in [0.4, 0.5) is 17.5 Å². The Labute approximate surface area is 162 Å². The Bertz CT molecular complexity index is 733. The van der Waals surface area contributed by atoms with E-state index in [0.717, 1.165) is 31.4 Å². The maximum atomic E-state index is 4.50. The summed E-state index contributed by atoms with van der Waals surface area (Å²) in [5.74, 6) is 2.56. The van der Waals surface area contributed by atoms with Gasteiger partial charge in [0, 0.05) is 65.2 Å². The van der Waals surface area contributed by atoms with Crippen LogP contribution in [0.15, 0.2) is 36.5 Å². The molecule has 4 rings (SSSR count). The highest BCUT2D eigenvalue weighted by Gasteiger charge is 2.26. The minimum atomic E-state index is 0.664. The van der Waals surface area contributed by atoms with E-state index in [2.05, 4.69) is 49.4 Å². The van der Waals surface area contributed by atoms with Gasteiger partial charge in [0.05, 0.1) is 0 Å². The summed E-state index contributed by atoms with van der Waals surface area (Å²) >= 11 is 0. The first-order valence-electron chi connectivity index (χ1n) is 9.98. The topological polar surface area (TPSA) is 47.5 Å². The molecule has 0 spiro atoms. The lowest BCUT2D eigenvalue weighted by atomic mass is 10.1. The molecule has 1 N–H and O–H groups in total. The first-order chi connectivity index (χ1) is 13.2. The van der Waals surface area contributed by atoms with E-state index < -0.39 is 0 Å². The summed E-state index contributed by atoms with van der Waals surface area (Å²) in [4.78, 5) is 15.9. The summed E-state index contributed by atoms with van der Waals surface area (Å²) in [5, 5.41) is 3.32. The number of benzene rings is 1. The monoisotopic (exact) mass is 366 g/mol. The van der Waals surface area contributed by atoms with Gasteiger partial charge in [-0.3, -0.25) is 4.90 Å². The maximum Gasteiger partial charge on any atom is 0.224 e. The molecule has 1 aromatic heterocycles. The first-order valence-corrected chi connectivity index (χ1v) is 9.98. The Balaban J connectivity index is 1.28. The molecule has 0 unspecified atom stereocenters. The van der Waals surface area contributed by atoms with Crippen molar-refractivity contribution in [3.63, 3.8) is 0 Å². The van der Waals surface area contributed by atoms with Crippen LogP contribution in [0.3, 0.4) is 0 Å². The second kappa shape index (κ2) is 8.13. The van der Waals surface area contributed by atoms with Crippen molar-refractivity contribution in [2.24, 2.45) is 5.92 Å². The number of nitrogens with zero attached hydrogens (tertiary/aromatic N) is 5. The van der Waals surface area contributed by atoms with Crippen LogP contribution in [-0.4, -0.2) is 61.7 Å². The van der Waals surface area contributed by atoms with Gasteiger partial charge in [0.1, 0.15) is 5.82 Å². The van der Waals surface area contributed by atoms with Gasteiger partial charge < -0.3 is 15.1 Å². The van der Waals surface area contributed by atoms with Crippen LogP contribution in [0, 0.1) is 5.92 Å². The molecule has 1 saturated heterocycles. The molecular weight excluding hydrogens is 336 g/mol. The van der Waals surface area contributed by atoms with Gasteiger partial charge >= 0.3 is 0 Å². The van der Waals surface area contributed by atoms with Crippen molar-refractivity contribution in [2.45, 2.75) is 19.4 Å². The van der Waals surface area contributed by atoms with Gasteiger partial charge in [0.15, 0.2) is 0 Å². The second-order valence-electron chi connectivity index (χ2n) is 7.88. The van der Waals surface area contributed by atoms with Crippen molar-refractivity contribution in [3.8, 4) is 0 Å². The molecule has 1 aliphatic carbocycles. The predicted molar refractivity (Wildman–Crippen MR) is 112 cm³/mol. The SMILES string of the molecule is CN(C)c1ccnc(NCc2ccc(N3CCN(CC4CC4)CC3)cc2)n1. The number of nitrogens with one attached hydrogen (secondary N) is 1. The zero-order valence-corrected chi connectivity index (χ0v) is 16.4. The highest BCUT2D eigenvalue weighted by atomic mass is 15.3. The van der Waals surface area contributed by atoms with Crippen molar-refractivity contribution in [1.29, 1.82) is 0 Å². The van der Waals surface area contributed by atoms with Gasteiger partial charge in [-0.2, -0.15) is 4.98 Å². The Hall–Kier alpha value is -2.34. The Morgan fingerprint density at radius 2 is 1.78 bits per heavy atom. The van der Waals surface area contributed by atoms with E-state index in [9.17, 15) is 0 Å². The van der Waals surface area contributed by atoms with Crippen molar-refractivity contribution in [2.75, 3.05) is 61.9 Å². The summed E-state index contributed by atoms with van der Waals surface area (Å²) in [6.45, 7) is 6.70. The molecule has 0 amide bonds. The molecule has 0 radical (unpaired) electrons. The van der Waals surface area contributed by atoms with Crippen LogP contribution >= 0.6 is 0 Å². The van der Waals surface area contributed by atoms with Crippen LogP contribution in [0.25, 0.3) is 0 Å². The molecule has 27 heavy (non-hydrogen) atoms. The minimum Gasteiger partial charge on any atom is -0.369 e. The molecule has 6 nitrogen and oxygen atoms in total. The van der Waals surface area contributed by atoms with Gasteiger partial charge in [-0.15, -0.1) is 0 Å². The molecular formula is C21H30N6. The number of rotatable bonds is 7. The first kappa shape index (κ1) is 18.0. The van der Waals surface area contributed by atoms with Crippen LogP contribution in [0.2, 0.25) is 0 Å². The average molecular weight is 367 g/mol. The zero-order chi connectivity index (χ0) is 18.6. The summed E-state index contributed by atoms with van der Waals surface area (Å²) in [6.07, 6.45) is 4.68. The Morgan fingerprint density at radius 3 is 2.44 bits per heavy atom. The summed E-state index contributed by atoms with van der Waals surface area (Å²) in [5.41, 5.74) is 2.57. The summed E-state index contributed by atoms with van der Waals surface area (Å²) in [6, 6.07) is 10.8. The number of anilines is 3. The average Bonchev–Trinajstić information content (AvgIpc) is 3.52. The number of piperazine rings is 1. The maximum absolute atomic E-state index is 4.50. The molecule has 0 atom stereocenters. The Morgan fingerprint density at radius 1 is 1.04 bits per heavy atom. The minimum absolute atomic E-state index is 0.664. The number of aromatic nitrogens is 2. The molecule has 1 saturated carbocycles. The van der Waals surface area contributed by atoms with Gasteiger partial charge in [-0.1, -0.05) is 12.1 Å². The Kier molecular flexibility index (Phi) is 5.43. The quantitative estimate of drug-likeness (QED) is 0.813. The van der Waals surface area contributed by atoms with E-state index in [-0.39, 0.29) is 0 Å². The van der Waals surface area contributed by atoms with Gasteiger partial charge in [0.25, 0.3) is 0 Å². The number of hydrogen-bond acceptors (Lipinski definition) is 6. The fraction of sp³-hybridized carbons (Fsp3) is 0.524. The van der Waals surface area contributed by atoms with E-state index in [1.165, 1.54) is 43.7 Å². The summed E-state index contributed by atoms with van der Waals surface area (Å²) < 4.78 is 0. The lowest BCUT2D eigenvalue weighted by Crippen LogP contribution is -2.47. The lowest BCUT2D eigenvalue weighted by Gasteiger charge is -2.36. The smallest absolute Gasteiger partial charge is 0.224 e. The third-order valence-corrected chi connectivity index (χ3v) is 5.44. The molecule has 144 valence electrons. The van der Waals surface area contributed by atoms with Crippen molar-refractivity contribution < 1.29 is 0 Å². The highest BCUT2D eigenvalue weighted by Crippen LogP contribution is 2.30. The van der Waals surface area contributed by atoms with Crippen LogP contribution in [-0.2, 0) is 6.54 Å². The van der Waals surface area contributed by atoms with Crippen molar-refractivity contribution in [1.82, 2.24) is 14.9 Å². The summed E-state index contributed by atoms with van der Waals surface area (Å²) in [7, 11) is 3.97. The second-order valence-corrected chi connectivity index (χ2v) is 7.88. The fourth-order valence-corrected chi connectivity index (χ4v) is 3.54. The van der Waals surface area contributed by atoms with Gasteiger partial charge in [-0.05, 0) is 42.5 Å². The third-order valence-electron chi connectivity index (χ3n) is 5.44. The lowest BCUT2D eigenvalue weighted by molar-refractivity contribution is 0.248. The molecule has 1 aromatic carbocycles. The molecule has 1 aliphatic heterocycles. The number of hydrogen-bond donors (Lipinski definition) is 1. The van der Waals surface area contributed by atoms with Crippen molar-refractivity contribution in [3.05, 3.63) is 42.1 Å². The van der Waals surface area contributed by atoms with E-state index in [4.69, 9.17) is 0 Å². The molecule has 2 fully saturated rings.